The maximum atomic E-state index is 11.7. The van der Waals surface area contributed by atoms with Crippen molar-refractivity contribution in [1.82, 2.24) is 10.2 Å². The molecule has 0 unspecified atom stereocenters. The van der Waals surface area contributed by atoms with Crippen LogP contribution in [0.2, 0.25) is 0 Å². The monoisotopic (exact) mass is 247 g/mol. The third-order valence-corrected chi connectivity index (χ3v) is 2.26. The predicted molar refractivity (Wildman–Crippen MR) is 61.6 cm³/mol. The van der Waals surface area contributed by atoms with E-state index in [1.54, 1.807) is 0 Å². The average molecular weight is 247 g/mol. The summed E-state index contributed by atoms with van der Waals surface area (Å²) in [6.45, 7) is 0. The molecule has 1 aromatic heterocycles. The van der Waals surface area contributed by atoms with Gasteiger partial charge < -0.3 is 15.5 Å². The first-order chi connectivity index (χ1) is 8.59. The fourth-order valence-corrected chi connectivity index (χ4v) is 1.39. The highest BCUT2D eigenvalue weighted by Crippen LogP contribution is 2.27. The van der Waals surface area contributed by atoms with Gasteiger partial charge in [0.2, 0.25) is 0 Å². The zero-order valence-electron chi connectivity index (χ0n) is 9.04. The first kappa shape index (κ1) is 11.6. The number of carbonyl (C=O) groups excluding carboxylic acids is 1. The number of H-pyrrole nitrogens is 1. The number of hydrogen-bond acceptors (Lipinski definition) is 4. The number of benzene rings is 1. The topological polar surface area (TPSA) is 115 Å². The Labute approximate surface area is 101 Å². The molecule has 0 aliphatic heterocycles. The van der Waals surface area contributed by atoms with Crippen LogP contribution in [-0.4, -0.2) is 32.3 Å². The molecule has 0 aliphatic carbocycles. The van der Waals surface area contributed by atoms with Crippen LogP contribution in [0.3, 0.4) is 0 Å². The number of carboxylic acids is 1. The van der Waals surface area contributed by atoms with E-state index in [4.69, 9.17) is 5.11 Å². The normalized spacial score (nSPS) is 10.0. The Morgan fingerprint density at radius 2 is 2.06 bits per heavy atom. The van der Waals surface area contributed by atoms with Crippen molar-refractivity contribution in [1.29, 1.82) is 0 Å². The molecule has 2 rings (SSSR count). The summed E-state index contributed by atoms with van der Waals surface area (Å²) in [5.74, 6) is -2.28. The lowest BCUT2D eigenvalue weighted by molar-refractivity contribution is 0.0693. The molecule has 1 heterocycles. The quantitative estimate of drug-likeness (QED) is 0.605. The van der Waals surface area contributed by atoms with Crippen LogP contribution in [0, 0.1) is 0 Å². The van der Waals surface area contributed by atoms with Crippen LogP contribution in [0.15, 0.2) is 30.5 Å². The summed E-state index contributed by atoms with van der Waals surface area (Å²) >= 11 is 0. The summed E-state index contributed by atoms with van der Waals surface area (Å²) in [5.41, 5.74) is -0.0537. The van der Waals surface area contributed by atoms with Crippen LogP contribution in [0.1, 0.15) is 20.8 Å². The summed E-state index contributed by atoms with van der Waals surface area (Å²) in [6.07, 6.45) is 1.41. The summed E-state index contributed by atoms with van der Waals surface area (Å²) < 4.78 is 0. The first-order valence-corrected chi connectivity index (χ1v) is 4.95. The van der Waals surface area contributed by atoms with Gasteiger partial charge in [0.15, 0.2) is 5.75 Å². The number of aromatic hydroxyl groups is 1. The lowest BCUT2D eigenvalue weighted by atomic mass is 10.1. The highest BCUT2D eigenvalue weighted by atomic mass is 16.4. The Morgan fingerprint density at radius 3 is 2.67 bits per heavy atom. The van der Waals surface area contributed by atoms with E-state index in [0.717, 1.165) is 0 Å². The second kappa shape index (κ2) is 4.58. The molecular weight excluding hydrogens is 238 g/mol. The molecule has 1 aromatic carbocycles. The fraction of sp³-hybridized carbons (Fsp3) is 0. The number of phenols is 1. The molecule has 0 bridgehead atoms. The van der Waals surface area contributed by atoms with Gasteiger partial charge in [0.1, 0.15) is 11.3 Å². The van der Waals surface area contributed by atoms with Crippen molar-refractivity contribution in [2.45, 2.75) is 0 Å². The van der Waals surface area contributed by atoms with E-state index in [1.165, 1.54) is 30.5 Å². The number of anilines is 1. The van der Waals surface area contributed by atoms with Gasteiger partial charge in [-0.1, -0.05) is 6.07 Å². The molecule has 7 nitrogen and oxygen atoms in total. The molecule has 0 saturated carbocycles. The molecule has 0 spiro atoms. The number of aromatic nitrogens is 2. The van der Waals surface area contributed by atoms with Crippen LogP contribution in [0.25, 0.3) is 0 Å². The number of rotatable bonds is 3. The summed E-state index contributed by atoms with van der Waals surface area (Å²) in [6, 6.07) is 5.51. The van der Waals surface area contributed by atoms with Crippen LogP contribution < -0.4 is 5.32 Å². The molecule has 92 valence electrons. The van der Waals surface area contributed by atoms with Crippen molar-refractivity contribution in [2.75, 3.05) is 5.32 Å². The Hall–Kier alpha value is -2.83. The van der Waals surface area contributed by atoms with Gasteiger partial charge in [0.25, 0.3) is 5.91 Å². The van der Waals surface area contributed by atoms with Crippen LogP contribution >= 0.6 is 0 Å². The molecule has 0 atom stereocenters. The van der Waals surface area contributed by atoms with E-state index in [0.29, 0.717) is 0 Å². The van der Waals surface area contributed by atoms with Gasteiger partial charge in [-0.2, -0.15) is 5.10 Å². The highest BCUT2D eigenvalue weighted by molar-refractivity contribution is 6.05. The molecule has 0 fully saturated rings. The second-order valence-corrected chi connectivity index (χ2v) is 3.43. The number of nitrogens with zero attached hydrogens (tertiary/aromatic N) is 1. The summed E-state index contributed by atoms with van der Waals surface area (Å²) in [5, 5.41) is 27.0. The number of nitrogens with one attached hydrogen (secondary N) is 2. The van der Waals surface area contributed by atoms with E-state index in [1.807, 2.05) is 0 Å². The van der Waals surface area contributed by atoms with Crippen LogP contribution in [0.5, 0.6) is 5.75 Å². The molecule has 18 heavy (non-hydrogen) atoms. The average Bonchev–Trinajstić information content (AvgIpc) is 2.85. The summed E-state index contributed by atoms with van der Waals surface area (Å²) in [7, 11) is 0. The molecule has 4 N–H and O–H groups in total. The van der Waals surface area contributed by atoms with Gasteiger partial charge in [-0.3, -0.25) is 9.89 Å². The lowest BCUT2D eigenvalue weighted by Crippen LogP contribution is -2.13. The SMILES string of the molecule is O=C(Nc1cccc(C(=O)O)c1O)c1ccn[nH]1. The van der Waals surface area contributed by atoms with Crippen LogP contribution in [0.4, 0.5) is 5.69 Å². The Morgan fingerprint density at radius 1 is 1.28 bits per heavy atom. The van der Waals surface area contributed by atoms with Crippen molar-refractivity contribution in [3.05, 3.63) is 41.7 Å². The van der Waals surface area contributed by atoms with Crippen molar-refractivity contribution < 1.29 is 19.8 Å². The molecule has 0 saturated heterocycles. The third-order valence-electron chi connectivity index (χ3n) is 2.26. The van der Waals surface area contributed by atoms with Crippen LogP contribution in [-0.2, 0) is 0 Å². The fourth-order valence-electron chi connectivity index (χ4n) is 1.39. The predicted octanol–water partition coefficient (Wildman–Crippen LogP) is 1.07. The summed E-state index contributed by atoms with van der Waals surface area (Å²) in [4.78, 5) is 22.5. The van der Waals surface area contributed by atoms with Crippen molar-refractivity contribution in [2.24, 2.45) is 0 Å². The van der Waals surface area contributed by atoms with E-state index >= 15 is 0 Å². The number of carbonyl (C=O) groups is 2. The number of amides is 1. The zero-order chi connectivity index (χ0) is 13.1. The third kappa shape index (κ3) is 2.14. The minimum atomic E-state index is -1.27. The molecule has 2 aromatic rings. The lowest BCUT2D eigenvalue weighted by Gasteiger charge is -2.07. The van der Waals surface area contributed by atoms with Crippen molar-refractivity contribution >= 4 is 17.6 Å². The number of para-hydroxylation sites is 1. The van der Waals surface area contributed by atoms with E-state index in [9.17, 15) is 14.7 Å². The maximum Gasteiger partial charge on any atom is 0.339 e. The molecular formula is C11H9N3O4. The molecule has 1 amide bonds. The second-order valence-electron chi connectivity index (χ2n) is 3.43. The standard InChI is InChI=1S/C11H9N3O4/c15-9-6(11(17)18)2-1-3-7(9)13-10(16)8-4-5-12-14-8/h1-5,15H,(H,12,14)(H,13,16)(H,17,18). The van der Waals surface area contributed by atoms with Crippen molar-refractivity contribution in [3.8, 4) is 5.75 Å². The van der Waals surface area contributed by atoms with Crippen molar-refractivity contribution in [3.63, 3.8) is 0 Å². The largest absolute Gasteiger partial charge is 0.505 e. The Balaban J connectivity index is 2.27. The molecule has 7 heteroatoms. The van der Waals surface area contributed by atoms with Gasteiger partial charge >= 0.3 is 5.97 Å². The smallest absolute Gasteiger partial charge is 0.339 e. The number of aromatic amines is 1. The first-order valence-electron chi connectivity index (χ1n) is 4.95. The van der Waals surface area contributed by atoms with Gasteiger partial charge in [-0.05, 0) is 18.2 Å². The Kier molecular flexibility index (Phi) is 2.96. The van der Waals surface area contributed by atoms with Gasteiger partial charge in [0, 0.05) is 6.20 Å². The number of carboxylic acid groups (broad SMARTS) is 1. The Bertz CT molecular complexity index is 592. The van der Waals surface area contributed by atoms with E-state index in [2.05, 4.69) is 15.5 Å². The van der Waals surface area contributed by atoms with Gasteiger partial charge in [-0.15, -0.1) is 0 Å². The molecule has 0 aliphatic rings. The van der Waals surface area contributed by atoms with E-state index < -0.39 is 17.6 Å². The number of hydrogen-bond donors (Lipinski definition) is 4. The maximum absolute atomic E-state index is 11.7. The minimum absolute atomic E-state index is 0.0227. The highest BCUT2D eigenvalue weighted by Gasteiger charge is 2.15. The minimum Gasteiger partial charge on any atom is -0.505 e. The van der Waals surface area contributed by atoms with Gasteiger partial charge in [-0.25, -0.2) is 4.79 Å². The van der Waals surface area contributed by atoms with E-state index in [-0.39, 0.29) is 16.9 Å². The molecule has 0 radical (unpaired) electrons. The van der Waals surface area contributed by atoms with Gasteiger partial charge in [0.05, 0.1) is 5.69 Å². The number of aromatic carboxylic acids is 1. The zero-order valence-corrected chi connectivity index (χ0v) is 9.04.